The maximum atomic E-state index is 6.01. The minimum atomic E-state index is 0.582. The lowest BCUT2D eigenvalue weighted by Gasteiger charge is -2.14. The molecule has 0 aliphatic heterocycles. The van der Waals surface area contributed by atoms with Crippen LogP contribution < -0.4 is 10.5 Å². The molecule has 0 unspecified atom stereocenters. The SMILES string of the molecule is Cc1cc(C)c(C)c(OCc2ccc(CN)cc2C)c1. The van der Waals surface area contributed by atoms with E-state index in [0.29, 0.717) is 13.2 Å². The molecule has 20 heavy (non-hydrogen) atoms. The van der Waals surface area contributed by atoms with Crippen molar-refractivity contribution < 1.29 is 4.74 Å². The first-order valence-corrected chi connectivity index (χ1v) is 7.00. The maximum absolute atomic E-state index is 6.01. The molecule has 0 radical (unpaired) electrons. The Hall–Kier alpha value is -1.80. The van der Waals surface area contributed by atoms with Crippen LogP contribution in [-0.4, -0.2) is 0 Å². The highest BCUT2D eigenvalue weighted by molar-refractivity contribution is 5.42. The molecule has 2 N–H and O–H groups in total. The summed E-state index contributed by atoms with van der Waals surface area (Å²) in [6.45, 7) is 9.61. The van der Waals surface area contributed by atoms with Crippen LogP contribution in [-0.2, 0) is 13.2 Å². The first kappa shape index (κ1) is 14.6. The fourth-order valence-electron chi connectivity index (χ4n) is 2.35. The molecule has 0 saturated carbocycles. The number of hydrogen-bond acceptors (Lipinski definition) is 2. The molecule has 0 spiro atoms. The molecular formula is C18H23NO. The van der Waals surface area contributed by atoms with Crippen molar-refractivity contribution in [2.45, 2.75) is 40.8 Å². The zero-order chi connectivity index (χ0) is 14.7. The van der Waals surface area contributed by atoms with Crippen molar-refractivity contribution in [2.75, 3.05) is 0 Å². The summed E-state index contributed by atoms with van der Waals surface area (Å²) < 4.78 is 6.01. The second-order valence-corrected chi connectivity index (χ2v) is 5.46. The molecule has 2 aromatic rings. The number of hydrogen-bond donors (Lipinski definition) is 1. The van der Waals surface area contributed by atoms with E-state index < -0.39 is 0 Å². The molecule has 0 saturated heterocycles. The number of benzene rings is 2. The van der Waals surface area contributed by atoms with Gasteiger partial charge in [-0.25, -0.2) is 0 Å². The standard InChI is InChI=1S/C18H23NO/c1-12-7-13(2)15(4)18(8-12)20-11-17-6-5-16(10-19)9-14(17)3/h5-9H,10-11,19H2,1-4H3. The minimum absolute atomic E-state index is 0.582. The van der Waals surface area contributed by atoms with Gasteiger partial charge in [0.25, 0.3) is 0 Å². The van der Waals surface area contributed by atoms with Crippen LogP contribution in [0.3, 0.4) is 0 Å². The summed E-state index contributed by atoms with van der Waals surface area (Å²) in [7, 11) is 0. The van der Waals surface area contributed by atoms with Crippen LogP contribution in [0.5, 0.6) is 5.75 Å². The Morgan fingerprint density at radius 1 is 0.950 bits per heavy atom. The summed E-state index contributed by atoms with van der Waals surface area (Å²) in [4.78, 5) is 0. The van der Waals surface area contributed by atoms with Gasteiger partial charge in [-0.15, -0.1) is 0 Å². The van der Waals surface area contributed by atoms with Crippen molar-refractivity contribution in [3.8, 4) is 5.75 Å². The van der Waals surface area contributed by atoms with Crippen LogP contribution in [0.15, 0.2) is 30.3 Å². The predicted octanol–water partition coefficient (Wildman–Crippen LogP) is 3.96. The number of nitrogens with two attached hydrogens (primary N) is 1. The van der Waals surface area contributed by atoms with E-state index in [2.05, 4.69) is 58.0 Å². The van der Waals surface area contributed by atoms with Crippen molar-refractivity contribution in [3.63, 3.8) is 0 Å². The monoisotopic (exact) mass is 269 g/mol. The van der Waals surface area contributed by atoms with Gasteiger partial charge in [-0.1, -0.05) is 24.3 Å². The van der Waals surface area contributed by atoms with Crippen LogP contribution >= 0.6 is 0 Å². The Bertz CT molecular complexity index is 617. The van der Waals surface area contributed by atoms with Gasteiger partial charge in [0.2, 0.25) is 0 Å². The molecule has 0 bridgehead atoms. The number of ether oxygens (including phenoxy) is 1. The predicted molar refractivity (Wildman–Crippen MR) is 84.1 cm³/mol. The van der Waals surface area contributed by atoms with Crippen molar-refractivity contribution in [3.05, 3.63) is 63.7 Å². The minimum Gasteiger partial charge on any atom is -0.489 e. The quantitative estimate of drug-likeness (QED) is 0.912. The van der Waals surface area contributed by atoms with Crippen LogP contribution in [0.4, 0.5) is 0 Å². The molecule has 0 atom stereocenters. The summed E-state index contributed by atoms with van der Waals surface area (Å²) in [5.41, 5.74) is 13.0. The summed E-state index contributed by atoms with van der Waals surface area (Å²) in [5, 5.41) is 0. The lowest BCUT2D eigenvalue weighted by Crippen LogP contribution is -2.02. The van der Waals surface area contributed by atoms with E-state index in [-0.39, 0.29) is 0 Å². The zero-order valence-corrected chi connectivity index (χ0v) is 12.8. The lowest BCUT2D eigenvalue weighted by atomic mass is 10.0. The Morgan fingerprint density at radius 2 is 1.70 bits per heavy atom. The summed E-state index contributed by atoms with van der Waals surface area (Å²) >= 11 is 0. The Labute approximate surface area is 121 Å². The van der Waals surface area contributed by atoms with Crippen LogP contribution in [0.2, 0.25) is 0 Å². The highest BCUT2D eigenvalue weighted by Crippen LogP contribution is 2.24. The molecule has 0 heterocycles. The summed E-state index contributed by atoms with van der Waals surface area (Å²) in [6.07, 6.45) is 0. The first-order valence-electron chi connectivity index (χ1n) is 7.00. The van der Waals surface area contributed by atoms with E-state index in [9.17, 15) is 0 Å². The van der Waals surface area contributed by atoms with Crippen LogP contribution in [0.1, 0.15) is 33.4 Å². The van der Waals surface area contributed by atoms with E-state index in [0.717, 1.165) is 11.3 Å². The summed E-state index contributed by atoms with van der Waals surface area (Å²) in [6, 6.07) is 10.6. The third-order valence-corrected chi connectivity index (χ3v) is 3.79. The van der Waals surface area contributed by atoms with Crippen LogP contribution in [0, 0.1) is 27.7 Å². The van der Waals surface area contributed by atoms with Gasteiger partial charge in [0.05, 0.1) is 0 Å². The van der Waals surface area contributed by atoms with Gasteiger partial charge in [-0.2, -0.15) is 0 Å². The van der Waals surface area contributed by atoms with E-state index in [1.54, 1.807) is 0 Å². The molecule has 0 aromatic heterocycles. The highest BCUT2D eigenvalue weighted by atomic mass is 16.5. The van der Waals surface area contributed by atoms with Gasteiger partial charge in [0.1, 0.15) is 12.4 Å². The van der Waals surface area contributed by atoms with Gasteiger partial charge >= 0.3 is 0 Å². The molecular weight excluding hydrogens is 246 g/mol. The summed E-state index contributed by atoms with van der Waals surface area (Å²) in [5.74, 6) is 0.977. The molecule has 2 rings (SSSR count). The largest absolute Gasteiger partial charge is 0.489 e. The third kappa shape index (κ3) is 3.20. The van der Waals surface area contributed by atoms with Gasteiger partial charge in [-0.3, -0.25) is 0 Å². The molecule has 0 amide bonds. The average molecular weight is 269 g/mol. The van der Waals surface area contributed by atoms with E-state index in [1.165, 1.54) is 27.8 Å². The fraction of sp³-hybridized carbons (Fsp3) is 0.333. The van der Waals surface area contributed by atoms with E-state index in [1.807, 2.05) is 0 Å². The van der Waals surface area contributed by atoms with Crippen molar-refractivity contribution in [2.24, 2.45) is 5.73 Å². The smallest absolute Gasteiger partial charge is 0.123 e. The Kier molecular flexibility index (Phi) is 4.46. The topological polar surface area (TPSA) is 35.2 Å². The molecule has 106 valence electrons. The molecule has 0 aliphatic carbocycles. The second-order valence-electron chi connectivity index (χ2n) is 5.46. The first-order chi connectivity index (χ1) is 9.51. The molecule has 2 nitrogen and oxygen atoms in total. The number of rotatable bonds is 4. The zero-order valence-electron chi connectivity index (χ0n) is 12.8. The maximum Gasteiger partial charge on any atom is 0.123 e. The van der Waals surface area contributed by atoms with Crippen LogP contribution in [0.25, 0.3) is 0 Å². The van der Waals surface area contributed by atoms with Gasteiger partial charge in [0.15, 0.2) is 0 Å². The Morgan fingerprint density at radius 3 is 2.35 bits per heavy atom. The van der Waals surface area contributed by atoms with Gasteiger partial charge in [-0.05, 0) is 67.1 Å². The van der Waals surface area contributed by atoms with Crippen molar-refractivity contribution in [1.29, 1.82) is 0 Å². The van der Waals surface area contributed by atoms with E-state index in [4.69, 9.17) is 10.5 Å². The van der Waals surface area contributed by atoms with Gasteiger partial charge in [0, 0.05) is 6.54 Å². The third-order valence-electron chi connectivity index (χ3n) is 3.79. The number of aryl methyl sites for hydroxylation is 3. The van der Waals surface area contributed by atoms with Crippen molar-refractivity contribution in [1.82, 2.24) is 0 Å². The lowest BCUT2D eigenvalue weighted by molar-refractivity contribution is 0.303. The molecule has 0 aliphatic rings. The van der Waals surface area contributed by atoms with Crippen molar-refractivity contribution >= 4 is 0 Å². The highest BCUT2D eigenvalue weighted by Gasteiger charge is 2.06. The Balaban J connectivity index is 2.17. The van der Waals surface area contributed by atoms with Gasteiger partial charge < -0.3 is 10.5 Å². The fourth-order valence-corrected chi connectivity index (χ4v) is 2.35. The molecule has 2 heteroatoms. The van der Waals surface area contributed by atoms with E-state index >= 15 is 0 Å². The second kappa shape index (κ2) is 6.10. The molecule has 0 fully saturated rings. The molecule has 2 aromatic carbocycles. The normalized spacial score (nSPS) is 10.7. The average Bonchev–Trinajstić information content (AvgIpc) is 2.42.